The van der Waals surface area contributed by atoms with Crippen molar-refractivity contribution in [3.05, 3.63) is 39.5 Å². The van der Waals surface area contributed by atoms with Crippen molar-refractivity contribution in [1.82, 2.24) is 15.0 Å². The van der Waals surface area contributed by atoms with Gasteiger partial charge in [0.05, 0.1) is 21.8 Å². The minimum absolute atomic E-state index is 0.0816. The van der Waals surface area contributed by atoms with E-state index in [9.17, 15) is 10.1 Å². The molecule has 0 unspecified atom stereocenters. The van der Waals surface area contributed by atoms with Crippen molar-refractivity contribution >= 4 is 23.1 Å². The lowest BCUT2D eigenvalue weighted by molar-refractivity contribution is -0.384. The maximum absolute atomic E-state index is 10.5. The van der Waals surface area contributed by atoms with Gasteiger partial charge in [-0.3, -0.25) is 10.1 Å². The van der Waals surface area contributed by atoms with Crippen LogP contribution in [0.2, 0.25) is 5.02 Å². The first kappa shape index (κ1) is 10.4. The van der Waals surface area contributed by atoms with Gasteiger partial charge >= 0.3 is 0 Å². The highest BCUT2D eigenvalue weighted by molar-refractivity contribution is 6.32. The quantitative estimate of drug-likeness (QED) is 0.631. The predicted molar refractivity (Wildman–Crippen MR) is 57.4 cm³/mol. The number of nitro benzene ring substituents is 1. The summed E-state index contributed by atoms with van der Waals surface area (Å²) in [5, 5.41) is 18.0. The van der Waals surface area contributed by atoms with Crippen molar-refractivity contribution in [1.29, 1.82) is 0 Å². The van der Waals surface area contributed by atoms with Crippen LogP contribution >= 0.6 is 11.6 Å². The van der Waals surface area contributed by atoms with Crippen molar-refractivity contribution in [2.45, 2.75) is 0 Å². The molecule has 82 valence electrons. The second-order valence-electron chi connectivity index (χ2n) is 2.98. The Morgan fingerprint density at radius 2 is 2.25 bits per heavy atom. The molecule has 8 heteroatoms. The Morgan fingerprint density at radius 1 is 1.50 bits per heavy atom. The summed E-state index contributed by atoms with van der Waals surface area (Å²) in [7, 11) is 0. The van der Waals surface area contributed by atoms with E-state index >= 15 is 0 Å². The summed E-state index contributed by atoms with van der Waals surface area (Å²) in [5.41, 5.74) is 5.80. The van der Waals surface area contributed by atoms with Gasteiger partial charge in [-0.2, -0.15) is 0 Å². The molecule has 0 aliphatic rings. The van der Waals surface area contributed by atoms with E-state index in [0.29, 0.717) is 5.69 Å². The maximum atomic E-state index is 10.5. The van der Waals surface area contributed by atoms with Crippen molar-refractivity contribution in [3.63, 3.8) is 0 Å². The lowest BCUT2D eigenvalue weighted by Crippen LogP contribution is -1.97. The molecule has 2 N–H and O–H groups in total. The molecule has 0 fully saturated rings. The Morgan fingerprint density at radius 3 is 2.75 bits per heavy atom. The fourth-order valence-corrected chi connectivity index (χ4v) is 1.45. The van der Waals surface area contributed by atoms with Gasteiger partial charge < -0.3 is 5.73 Å². The monoisotopic (exact) mass is 239 g/mol. The SMILES string of the molecule is Nc1cn(-c2ccc([N+](=O)[O-])cc2Cl)nn1. The predicted octanol–water partition coefficient (Wildman–Crippen LogP) is 1.41. The molecule has 1 aromatic heterocycles. The highest BCUT2D eigenvalue weighted by Crippen LogP contribution is 2.25. The zero-order chi connectivity index (χ0) is 11.7. The minimum atomic E-state index is -0.522. The third-order valence-corrected chi connectivity index (χ3v) is 2.20. The van der Waals surface area contributed by atoms with Crippen molar-refractivity contribution in [2.75, 3.05) is 5.73 Å². The Labute approximate surface area is 94.6 Å². The molecule has 0 atom stereocenters. The number of nitro groups is 1. The molecule has 2 rings (SSSR count). The van der Waals surface area contributed by atoms with Crippen LogP contribution in [0.5, 0.6) is 0 Å². The molecule has 7 nitrogen and oxygen atoms in total. The van der Waals surface area contributed by atoms with Gasteiger partial charge in [-0.1, -0.05) is 16.8 Å². The third-order valence-electron chi connectivity index (χ3n) is 1.90. The van der Waals surface area contributed by atoms with E-state index in [0.717, 1.165) is 0 Å². The topological polar surface area (TPSA) is 99.9 Å². The number of nitrogens with two attached hydrogens (primary N) is 1. The summed E-state index contributed by atoms with van der Waals surface area (Å²) in [4.78, 5) is 9.97. The zero-order valence-corrected chi connectivity index (χ0v) is 8.63. The molecule has 0 aliphatic heterocycles. The summed E-state index contributed by atoms with van der Waals surface area (Å²) < 4.78 is 1.35. The number of hydrogen-bond acceptors (Lipinski definition) is 5. The number of non-ortho nitro benzene ring substituents is 1. The van der Waals surface area contributed by atoms with Gasteiger partial charge in [-0.25, -0.2) is 4.68 Å². The first-order valence-corrected chi connectivity index (χ1v) is 4.58. The smallest absolute Gasteiger partial charge is 0.271 e. The van der Waals surface area contributed by atoms with Gasteiger partial charge in [-0.15, -0.1) is 5.10 Å². The lowest BCUT2D eigenvalue weighted by atomic mass is 10.3. The van der Waals surface area contributed by atoms with Gasteiger partial charge in [0.25, 0.3) is 5.69 Å². The van der Waals surface area contributed by atoms with E-state index in [1.165, 1.54) is 29.1 Å². The number of benzene rings is 1. The number of halogens is 1. The maximum Gasteiger partial charge on any atom is 0.271 e. The van der Waals surface area contributed by atoms with Crippen LogP contribution in [-0.4, -0.2) is 19.9 Å². The van der Waals surface area contributed by atoms with Crippen LogP contribution in [0.25, 0.3) is 5.69 Å². The highest BCUT2D eigenvalue weighted by atomic mass is 35.5. The van der Waals surface area contributed by atoms with Crippen LogP contribution in [0.3, 0.4) is 0 Å². The largest absolute Gasteiger partial charge is 0.381 e. The zero-order valence-electron chi connectivity index (χ0n) is 7.87. The second kappa shape index (κ2) is 3.78. The number of rotatable bonds is 2. The fourth-order valence-electron chi connectivity index (χ4n) is 1.19. The molecular formula is C8H6ClN5O2. The summed E-state index contributed by atoms with van der Waals surface area (Å²) in [6.07, 6.45) is 1.47. The third kappa shape index (κ3) is 1.80. The van der Waals surface area contributed by atoms with E-state index in [1.54, 1.807) is 0 Å². The normalized spacial score (nSPS) is 10.3. The van der Waals surface area contributed by atoms with Crippen molar-refractivity contribution in [2.24, 2.45) is 0 Å². The first-order chi connectivity index (χ1) is 7.58. The summed E-state index contributed by atoms with van der Waals surface area (Å²) in [6.45, 7) is 0. The average Bonchev–Trinajstić information content (AvgIpc) is 2.64. The molecule has 0 radical (unpaired) electrons. The number of aromatic nitrogens is 3. The molecular weight excluding hydrogens is 234 g/mol. The summed E-state index contributed by atoms with van der Waals surface area (Å²) in [6, 6.07) is 4.06. The fraction of sp³-hybridized carbons (Fsp3) is 0. The van der Waals surface area contributed by atoms with E-state index in [4.69, 9.17) is 17.3 Å². The molecule has 0 aliphatic carbocycles. The Kier molecular flexibility index (Phi) is 2.45. The molecule has 0 bridgehead atoms. The van der Waals surface area contributed by atoms with Crippen molar-refractivity contribution < 1.29 is 4.92 Å². The molecule has 1 heterocycles. The standard InChI is InChI=1S/C8H6ClN5O2/c9-6-3-5(14(15)16)1-2-7(6)13-4-8(10)11-12-13/h1-4H,10H2. The van der Waals surface area contributed by atoms with E-state index < -0.39 is 4.92 Å². The summed E-state index contributed by atoms with van der Waals surface area (Å²) in [5.74, 6) is 0.245. The van der Waals surface area contributed by atoms with E-state index in [-0.39, 0.29) is 16.5 Å². The number of anilines is 1. The van der Waals surface area contributed by atoms with Crippen molar-refractivity contribution in [3.8, 4) is 5.69 Å². The second-order valence-corrected chi connectivity index (χ2v) is 3.39. The molecule has 0 saturated carbocycles. The van der Waals surface area contributed by atoms with Crippen LogP contribution in [0.15, 0.2) is 24.4 Å². The molecule has 0 saturated heterocycles. The van der Waals surface area contributed by atoms with Crippen LogP contribution < -0.4 is 5.73 Å². The Hall–Kier alpha value is -2.15. The minimum Gasteiger partial charge on any atom is -0.381 e. The highest BCUT2D eigenvalue weighted by Gasteiger charge is 2.11. The van der Waals surface area contributed by atoms with E-state index in [2.05, 4.69) is 10.3 Å². The molecule has 0 spiro atoms. The molecule has 0 amide bonds. The average molecular weight is 240 g/mol. The first-order valence-electron chi connectivity index (χ1n) is 4.20. The Balaban J connectivity index is 2.47. The van der Waals surface area contributed by atoms with Gasteiger partial charge in [0.15, 0.2) is 5.82 Å². The Bertz CT molecular complexity index is 553. The summed E-state index contributed by atoms with van der Waals surface area (Å²) >= 11 is 5.88. The molecule has 1 aromatic carbocycles. The molecule has 2 aromatic rings. The van der Waals surface area contributed by atoms with Gasteiger partial charge in [-0.05, 0) is 6.07 Å². The molecule has 16 heavy (non-hydrogen) atoms. The number of nitrogen functional groups attached to an aromatic ring is 1. The van der Waals surface area contributed by atoms with Gasteiger partial charge in [0.2, 0.25) is 0 Å². The van der Waals surface area contributed by atoms with Crippen LogP contribution in [0, 0.1) is 10.1 Å². The van der Waals surface area contributed by atoms with Crippen LogP contribution in [0.4, 0.5) is 11.5 Å². The van der Waals surface area contributed by atoms with Gasteiger partial charge in [0, 0.05) is 12.1 Å². The van der Waals surface area contributed by atoms with Gasteiger partial charge in [0.1, 0.15) is 0 Å². The number of hydrogen-bond donors (Lipinski definition) is 1. The lowest BCUT2D eigenvalue weighted by Gasteiger charge is -2.02. The number of nitrogens with zero attached hydrogens (tertiary/aromatic N) is 4. The van der Waals surface area contributed by atoms with Crippen LogP contribution in [0.1, 0.15) is 0 Å². The van der Waals surface area contributed by atoms with E-state index in [1.807, 2.05) is 0 Å². The van der Waals surface area contributed by atoms with Crippen LogP contribution in [-0.2, 0) is 0 Å².